The number of carbonyl (C=O) groups excluding carboxylic acids is 2. The second-order valence-corrected chi connectivity index (χ2v) is 4.26. The molecule has 0 amide bonds. The molecule has 0 aliphatic carbocycles. The number of ketones is 1. The van der Waals surface area contributed by atoms with Crippen molar-refractivity contribution in [2.24, 2.45) is 0 Å². The molecule has 0 fully saturated rings. The molecule has 0 N–H and O–H groups in total. The Bertz CT molecular complexity index is 477. The molecule has 0 aliphatic heterocycles. The van der Waals surface area contributed by atoms with Crippen LogP contribution in [-0.2, 0) is 9.53 Å². The van der Waals surface area contributed by atoms with Gasteiger partial charge >= 0.3 is 5.97 Å². The van der Waals surface area contributed by atoms with Crippen LogP contribution in [0.15, 0.2) is 12.1 Å². The van der Waals surface area contributed by atoms with E-state index in [1.54, 1.807) is 26.0 Å². The van der Waals surface area contributed by atoms with Crippen LogP contribution >= 0.6 is 0 Å². The molecular weight excluding hydrogens is 244 g/mol. The molecule has 4 heteroatoms. The summed E-state index contributed by atoms with van der Waals surface area (Å²) in [6.45, 7) is 8.21. The topological polar surface area (TPSA) is 52.6 Å². The number of esters is 1. The Morgan fingerprint density at radius 1 is 1.11 bits per heavy atom. The van der Waals surface area contributed by atoms with Gasteiger partial charge in [-0.2, -0.15) is 0 Å². The average molecular weight is 264 g/mol. The van der Waals surface area contributed by atoms with Gasteiger partial charge in [0.25, 0.3) is 5.78 Å². The molecule has 0 radical (unpaired) electrons. The van der Waals surface area contributed by atoms with Crippen molar-refractivity contribution in [2.75, 3.05) is 13.2 Å². The lowest BCUT2D eigenvalue weighted by molar-refractivity contribution is -0.137. The summed E-state index contributed by atoms with van der Waals surface area (Å²) in [6.07, 6.45) is 0.919. The van der Waals surface area contributed by atoms with Gasteiger partial charge in [0.05, 0.1) is 13.2 Å². The zero-order valence-corrected chi connectivity index (χ0v) is 11.9. The molecule has 0 saturated heterocycles. The maximum atomic E-state index is 11.9. The smallest absolute Gasteiger partial charge is 0.379 e. The van der Waals surface area contributed by atoms with Crippen molar-refractivity contribution in [3.05, 3.63) is 28.8 Å². The van der Waals surface area contributed by atoms with Crippen LogP contribution in [0.1, 0.15) is 41.8 Å². The molecule has 0 saturated carbocycles. The van der Waals surface area contributed by atoms with E-state index in [1.807, 2.05) is 13.8 Å². The van der Waals surface area contributed by atoms with Crippen LogP contribution in [0.3, 0.4) is 0 Å². The first-order chi connectivity index (χ1) is 9.02. The monoisotopic (exact) mass is 264 g/mol. The largest absolute Gasteiger partial charge is 0.493 e. The van der Waals surface area contributed by atoms with Gasteiger partial charge in [-0.3, -0.25) is 4.79 Å². The molecule has 1 aromatic carbocycles. The molecule has 0 atom stereocenters. The Kier molecular flexibility index (Phi) is 5.55. The molecule has 104 valence electrons. The highest BCUT2D eigenvalue weighted by Crippen LogP contribution is 2.25. The SMILES string of the molecule is CCCOc1ccc(C(=O)C(=O)OCC)c(C)c1C. The molecule has 0 aliphatic rings. The number of hydrogen-bond acceptors (Lipinski definition) is 4. The van der Waals surface area contributed by atoms with Gasteiger partial charge in [0, 0.05) is 5.56 Å². The minimum absolute atomic E-state index is 0.195. The summed E-state index contributed by atoms with van der Waals surface area (Å²) in [5, 5.41) is 0. The average Bonchev–Trinajstić information content (AvgIpc) is 2.40. The van der Waals surface area contributed by atoms with E-state index in [0.717, 1.165) is 23.3 Å². The van der Waals surface area contributed by atoms with E-state index in [9.17, 15) is 9.59 Å². The lowest BCUT2D eigenvalue weighted by Crippen LogP contribution is -2.19. The van der Waals surface area contributed by atoms with E-state index in [4.69, 9.17) is 9.47 Å². The maximum Gasteiger partial charge on any atom is 0.379 e. The Labute approximate surface area is 113 Å². The molecule has 0 spiro atoms. The predicted octanol–water partition coefficient (Wildman–Crippen LogP) is 2.84. The molecule has 0 aromatic heterocycles. The quantitative estimate of drug-likeness (QED) is 0.450. The van der Waals surface area contributed by atoms with Crippen LogP contribution in [0.5, 0.6) is 5.75 Å². The molecular formula is C15H20O4. The Morgan fingerprint density at radius 2 is 1.79 bits per heavy atom. The first kappa shape index (κ1) is 15.2. The molecule has 0 unspecified atom stereocenters. The Hall–Kier alpha value is -1.84. The summed E-state index contributed by atoms with van der Waals surface area (Å²) in [7, 11) is 0. The highest BCUT2D eigenvalue weighted by atomic mass is 16.5. The van der Waals surface area contributed by atoms with Crippen LogP contribution < -0.4 is 4.74 Å². The predicted molar refractivity (Wildman–Crippen MR) is 72.7 cm³/mol. The van der Waals surface area contributed by atoms with E-state index in [0.29, 0.717) is 12.2 Å². The van der Waals surface area contributed by atoms with Crippen LogP contribution in [0.4, 0.5) is 0 Å². The Morgan fingerprint density at radius 3 is 2.37 bits per heavy atom. The second-order valence-electron chi connectivity index (χ2n) is 4.26. The minimum Gasteiger partial charge on any atom is -0.493 e. The van der Waals surface area contributed by atoms with Crippen molar-refractivity contribution in [2.45, 2.75) is 34.1 Å². The van der Waals surface area contributed by atoms with Crippen LogP contribution in [0.25, 0.3) is 0 Å². The fourth-order valence-electron chi connectivity index (χ4n) is 1.72. The zero-order valence-electron chi connectivity index (χ0n) is 11.9. The summed E-state index contributed by atoms with van der Waals surface area (Å²) in [5.41, 5.74) is 2.01. The van der Waals surface area contributed by atoms with Crippen LogP contribution in [0, 0.1) is 13.8 Å². The fraction of sp³-hybridized carbons (Fsp3) is 0.467. The summed E-state index contributed by atoms with van der Waals surface area (Å²) in [6, 6.07) is 3.34. The van der Waals surface area contributed by atoms with Gasteiger partial charge in [0.1, 0.15) is 5.75 Å². The van der Waals surface area contributed by atoms with Crippen molar-refractivity contribution in [3.8, 4) is 5.75 Å². The Balaban J connectivity index is 3.02. The highest BCUT2D eigenvalue weighted by molar-refractivity contribution is 6.41. The van der Waals surface area contributed by atoms with Crippen molar-refractivity contribution in [3.63, 3.8) is 0 Å². The van der Waals surface area contributed by atoms with Gasteiger partial charge in [-0.25, -0.2) is 4.79 Å². The number of Topliss-reactive ketones (excluding diaryl/α,β-unsaturated/α-hetero) is 1. The van der Waals surface area contributed by atoms with E-state index in [1.165, 1.54) is 0 Å². The zero-order chi connectivity index (χ0) is 14.4. The van der Waals surface area contributed by atoms with Gasteiger partial charge in [-0.1, -0.05) is 6.92 Å². The minimum atomic E-state index is -0.813. The highest BCUT2D eigenvalue weighted by Gasteiger charge is 2.21. The van der Waals surface area contributed by atoms with Crippen LogP contribution in [0.2, 0.25) is 0 Å². The van der Waals surface area contributed by atoms with Crippen LogP contribution in [-0.4, -0.2) is 25.0 Å². The molecule has 0 heterocycles. The van der Waals surface area contributed by atoms with Crippen molar-refractivity contribution < 1.29 is 19.1 Å². The summed E-state index contributed by atoms with van der Waals surface area (Å²) in [5.74, 6) is -0.670. The first-order valence-electron chi connectivity index (χ1n) is 6.47. The number of benzene rings is 1. The van der Waals surface area contributed by atoms with Crippen molar-refractivity contribution in [1.29, 1.82) is 0 Å². The number of ether oxygens (including phenoxy) is 2. The van der Waals surface area contributed by atoms with Crippen molar-refractivity contribution in [1.82, 2.24) is 0 Å². The van der Waals surface area contributed by atoms with Crippen molar-refractivity contribution >= 4 is 11.8 Å². The standard InChI is InChI=1S/C15H20O4/c1-5-9-19-13-8-7-12(10(3)11(13)4)14(16)15(17)18-6-2/h7-8H,5-6,9H2,1-4H3. The fourth-order valence-corrected chi connectivity index (χ4v) is 1.72. The third-order valence-corrected chi connectivity index (χ3v) is 2.90. The lowest BCUT2D eigenvalue weighted by atomic mass is 9.99. The van der Waals surface area contributed by atoms with E-state index >= 15 is 0 Å². The van der Waals surface area contributed by atoms with Gasteiger partial charge < -0.3 is 9.47 Å². The first-order valence-corrected chi connectivity index (χ1v) is 6.47. The van der Waals surface area contributed by atoms with Gasteiger partial charge in [-0.05, 0) is 50.5 Å². The molecule has 1 rings (SSSR count). The maximum absolute atomic E-state index is 11.9. The molecule has 1 aromatic rings. The third-order valence-electron chi connectivity index (χ3n) is 2.90. The molecule has 4 nitrogen and oxygen atoms in total. The normalized spacial score (nSPS) is 10.1. The second kappa shape index (κ2) is 6.92. The summed E-state index contributed by atoms with van der Waals surface area (Å²) >= 11 is 0. The van der Waals surface area contributed by atoms with E-state index < -0.39 is 11.8 Å². The van der Waals surface area contributed by atoms with Gasteiger partial charge in [0.15, 0.2) is 0 Å². The summed E-state index contributed by atoms with van der Waals surface area (Å²) in [4.78, 5) is 23.4. The number of hydrogen-bond donors (Lipinski definition) is 0. The van der Waals surface area contributed by atoms with E-state index in [2.05, 4.69) is 0 Å². The number of carbonyl (C=O) groups is 2. The van der Waals surface area contributed by atoms with Gasteiger partial charge in [0.2, 0.25) is 0 Å². The van der Waals surface area contributed by atoms with Gasteiger partial charge in [-0.15, -0.1) is 0 Å². The summed E-state index contributed by atoms with van der Waals surface area (Å²) < 4.78 is 10.3. The third kappa shape index (κ3) is 3.56. The lowest BCUT2D eigenvalue weighted by Gasteiger charge is -2.13. The molecule has 0 bridgehead atoms. The van der Waals surface area contributed by atoms with E-state index in [-0.39, 0.29) is 6.61 Å². The molecule has 19 heavy (non-hydrogen) atoms. The number of rotatable bonds is 6.